The highest BCUT2D eigenvalue weighted by Crippen LogP contribution is 2.21. The number of nitrogens with zero attached hydrogens (tertiary/aromatic N) is 2. The Morgan fingerprint density at radius 2 is 1.41 bits per heavy atom. The number of likely N-dealkylation sites (N-methyl/N-ethyl adjacent to an activating group) is 1. The van der Waals surface area contributed by atoms with E-state index in [1.165, 1.54) is 11.3 Å². The highest BCUT2D eigenvalue weighted by molar-refractivity contribution is 7.80. The third-order valence-corrected chi connectivity index (χ3v) is 4.36. The summed E-state index contributed by atoms with van der Waals surface area (Å²) in [5, 5.41) is 0. The van der Waals surface area contributed by atoms with Crippen LogP contribution in [0.4, 0.5) is 11.4 Å². The van der Waals surface area contributed by atoms with Gasteiger partial charge in [0.1, 0.15) is 0 Å². The number of thiocarbonyl (C=S) groups is 1. The van der Waals surface area contributed by atoms with E-state index in [0.717, 1.165) is 30.2 Å². The van der Waals surface area contributed by atoms with Crippen molar-refractivity contribution in [2.24, 2.45) is 0 Å². The minimum Gasteiger partial charge on any atom is -0.372 e. The van der Waals surface area contributed by atoms with Gasteiger partial charge in [-0.25, -0.2) is 0 Å². The van der Waals surface area contributed by atoms with Crippen LogP contribution in [0.2, 0.25) is 0 Å². The minimum atomic E-state index is 0.796. The molecular weight excluding hydrogens is 288 g/mol. The Hall–Kier alpha value is -1.87. The van der Waals surface area contributed by atoms with E-state index in [-0.39, 0.29) is 0 Å². The highest BCUT2D eigenvalue weighted by Gasteiger charge is 2.09. The number of anilines is 2. The molecule has 22 heavy (non-hydrogen) atoms. The van der Waals surface area contributed by atoms with Crippen LogP contribution in [0.3, 0.4) is 0 Å². The summed E-state index contributed by atoms with van der Waals surface area (Å²) in [4.78, 5) is 5.36. The largest absolute Gasteiger partial charge is 0.372 e. The van der Waals surface area contributed by atoms with Crippen molar-refractivity contribution >= 4 is 28.6 Å². The van der Waals surface area contributed by atoms with Gasteiger partial charge in [0.05, 0.1) is 4.99 Å². The molecule has 0 fully saturated rings. The lowest BCUT2D eigenvalue weighted by molar-refractivity contribution is 0.866. The molecule has 0 saturated carbocycles. The van der Waals surface area contributed by atoms with Crippen molar-refractivity contribution < 1.29 is 0 Å². The maximum atomic E-state index is 5.59. The summed E-state index contributed by atoms with van der Waals surface area (Å²) in [6, 6.07) is 19.0. The lowest BCUT2D eigenvalue weighted by Crippen LogP contribution is -2.26. The summed E-state index contributed by atoms with van der Waals surface area (Å²) in [5.41, 5.74) is 3.65. The molecule has 2 nitrogen and oxygen atoms in total. The molecule has 0 aliphatic rings. The van der Waals surface area contributed by atoms with Gasteiger partial charge in [0.2, 0.25) is 0 Å². The van der Waals surface area contributed by atoms with Crippen LogP contribution in [0.15, 0.2) is 54.6 Å². The standard InChI is InChI=1S/C19H24N2S/c1-4-21(5-2)18-13-11-17(12-14-18)20(3)19(22)15-16-9-7-6-8-10-16/h6-14H,4-5,15H2,1-3H3. The third kappa shape index (κ3) is 4.08. The molecular formula is C19H24N2S. The van der Waals surface area contributed by atoms with Crippen LogP contribution in [-0.2, 0) is 6.42 Å². The number of rotatable bonds is 6. The Labute approximate surface area is 139 Å². The molecule has 0 heterocycles. The van der Waals surface area contributed by atoms with Crippen LogP contribution in [0.25, 0.3) is 0 Å². The van der Waals surface area contributed by atoms with E-state index in [1.54, 1.807) is 0 Å². The Kier molecular flexibility index (Phi) is 5.96. The average Bonchev–Trinajstić information content (AvgIpc) is 2.57. The minimum absolute atomic E-state index is 0.796. The average molecular weight is 312 g/mol. The molecule has 0 unspecified atom stereocenters. The van der Waals surface area contributed by atoms with E-state index in [9.17, 15) is 0 Å². The van der Waals surface area contributed by atoms with E-state index in [0.29, 0.717) is 0 Å². The van der Waals surface area contributed by atoms with Gasteiger partial charge in [-0.15, -0.1) is 0 Å². The number of hydrogen-bond donors (Lipinski definition) is 0. The third-order valence-electron chi connectivity index (χ3n) is 3.94. The maximum Gasteiger partial charge on any atom is 0.0865 e. The molecule has 0 aliphatic heterocycles. The second-order valence-corrected chi connectivity index (χ2v) is 5.78. The monoisotopic (exact) mass is 312 g/mol. The Morgan fingerprint density at radius 3 is 1.95 bits per heavy atom. The van der Waals surface area contributed by atoms with Crippen molar-refractivity contribution in [1.82, 2.24) is 0 Å². The predicted octanol–water partition coefficient (Wildman–Crippen LogP) is 4.54. The fourth-order valence-electron chi connectivity index (χ4n) is 2.51. The van der Waals surface area contributed by atoms with Crippen LogP contribution in [0, 0.1) is 0 Å². The van der Waals surface area contributed by atoms with E-state index < -0.39 is 0 Å². The zero-order valence-electron chi connectivity index (χ0n) is 13.6. The summed E-state index contributed by atoms with van der Waals surface area (Å²) >= 11 is 5.59. The molecule has 0 spiro atoms. The van der Waals surface area contributed by atoms with Gasteiger partial charge < -0.3 is 9.80 Å². The first kappa shape index (κ1) is 16.5. The molecule has 3 heteroatoms. The zero-order valence-corrected chi connectivity index (χ0v) is 14.4. The fourth-order valence-corrected chi connectivity index (χ4v) is 2.78. The second-order valence-electron chi connectivity index (χ2n) is 5.30. The molecule has 0 saturated heterocycles. The van der Waals surface area contributed by atoms with Gasteiger partial charge in [-0.1, -0.05) is 42.5 Å². The summed E-state index contributed by atoms with van der Waals surface area (Å²) in [7, 11) is 2.04. The molecule has 116 valence electrons. The molecule has 2 rings (SSSR count). The predicted molar refractivity (Wildman–Crippen MR) is 101 cm³/mol. The SMILES string of the molecule is CCN(CC)c1ccc(N(C)C(=S)Cc2ccccc2)cc1. The Bertz CT molecular complexity index is 589. The molecule has 0 N–H and O–H groups in total. The molecule has 0 radical (unpaired) electrons. The fraction of sp³-hybridized carbons (Fsp3) is 0.316. The first-order chi connectivity index (χ1) is 10.7. The van der Waals surface area contributed by atoms with E-state index in [2.05, 4.69) is 72.2 Å². The van der Waals surface area contributed by atoms with E-state index in [1.807, 2.05) is 13.1 Å². The van der Waals surface area contributed by atoms with Crippen LogP contribution < -0.4 is 9.80 Å². The van der Waals surface area contributed by atoms with Crippen molar-refractivity contribution in [2.45, 2.75) is 20.3 Å². The molecule has 2 aromatic rings. The Morgan fingerprint density at radius 1 is 0.864 bits per heavy atom. The topological polar surface area (TPSA) is 6.48 Å². The lowest BCUT2D eigenvalue weighted by Gasteiger charge is -2.24. The van der Waals surface area contributed by atoms with Crippen LogP contribution in [0.1, 0.15) is 19.4 Å². The van der Waals surface area contributed by atoms with Crippen molar-refractivity contribution in [2.75, 3.05) is 29.9 Å². The van der Waals surface area contributed by atoms with Gasteiger partial charge in [-0.05, 0) is 43.7 Å². The quantitative estimate of drug-likeness (QED) is 0.723. The van der Waals surface area contributed by atoms with Crippen molar-refractivity contribution in [3.05, 3.63) is 60.2 Å². The number of benzene rings is 2. The van der Waals surface area contributed by atoms with Crippen molar-refractivity contribution in [3.63, 3.8) is 0 Å². The first-order valence-electron chi connectivity index (χ1n) is 7.81. The smallest absolute Gasteiger partial charge is 0.0865 e. The molecule has 0 aliphatic carbocycles. The zero-order chi connectivity index (χ0) is 15.9. The molecule has 0 aromatic heterocycles. The Balaban J connectivity index is 2.06. The van der Waals surface area contributed by atoms with E-state index in [4.69, 9.17) is 12.2 Å². The summed E-state index contributed by atoms with van der Waals surface area (Å²) in [6.45, 7) is 6.41. The van der Waals surface area contributed by atoms with Gasteiger partial charge in [-0.3, -0.25) is 0 Å². The molecule has 0 amide bonds. The highest BCUT2D eigenvalue weighted by atomic mass is 32.1. The van der Waals surface area contributed by atoms with Gasteiger partial charge in [-0.2, -0.15) is 0 Å². The normalized spacial score (nSPS) is 10.3. The lowest BCUT2D eigenvalue weighted by atomic mass is 10.1. The van der Waals surface area contributed by atoms with Gasteiger partial charge in [0, 0.05) is 37.9 Å². The van der Waals surface area contributed by atoms with E-state index >= 15 is 0 Å². The molecule has 0 bridgehead atoms. The molecule has 0 atom stereocenters. The first-order valence-corrected chi connectivity index (χ1v) is 8.22. The summed E-state index contributed by atoms with van der Waals surface area (Å²) in [6.07, 6.45) is 0.796. The van der Waals surface area contributed by atoms with Crippen LogP contribution >= 0.6 is 12.2 Å². The van der Waals surface area contributed by atoms with Gasteiger partial charge in [0.15, 0.2) is 0 Å². The van der Waals surface area contributed by atoms with Crippen molar-refractivity contribution in [3.8, 4) is 0 Å². The van der Waals surface area contributed by atoms with Crippen LogP contribution in [-0.4, -0.2) is 25.1 Å². The summed E-state index contributed by atoms with van der Waals surface area (Å²) < 4.78 is 0. The van der Waals surface area contributed by atoms with Crippen molar-refractivity contribution in [1.29, 1.82) is 0 Å². The second kappa shape index (κ2) is 7.95. The van der Waals surface area contributed by atoms with Gasteiger partial charge >= 0.3 is 0 Å². The number of hydrogen-bond acceptors (Lipinski definition) is 2. The summed E-state index contributed by atoms with van der Waals surface area (Å²) in [5.74, 6) is 0. The van der Waals surface area contributed by atoms with Crippen LogP contribution in [0.5, 0.6) is 0 Å². The van der Waals surface area contributed by atoms with Gasteiger partial charge in [0.25, 0.3) is 0 Å². The maximum absolute atomic E-state index is 5.59. The molecule has 2 aromatic carbocycles.